The van der Waals surface area contributed by atoms with Crippen LogP contribution in [0.5, 0.6) is 0 Å². The van der Waals surface area contributed by atoms with Crippen LogP contribution in [0.3, 0.4) is 0 Å². The number of esters is 3. The minimum Gasteiger partial charge on any atom is -0.462 e. The summed E-state index contributed by atoms with van der Waals surface area (Å²) in [7, 11) is 0. The standard InChI is InChI=1S/C29H54O6/c1-4-7-10-11-12-13-14-15-16-17-20-22-28(31)34-25-26(35-29(32)23-19-9-6-3)24-33-27(30)21-18-8-5-2/h26H,4-25H2,1-3H3. The van der Waals surface area contributed by atoms with E-state index >= 15 is 0 Å². The SMILES string of the molecule is CCCCCCCCCCCCCC(=O)OCC(COC(=O)CCCCC)OC(=O)CCCCC. The van der Waals surface area contributed by atoms with Crippen LogP contribution in [0.25, 0.3) is 0 Å². The maximum absolute atomic E-state index is 12.1. The van der Waals surface area contributed by atoms with Crippen LogP contribution in [0.15, 0.2) is 0 Å². The van der Waals surface area contributed by atoms with E-state index in [4.69, 9.17) is 14.2 Å². The van der Waals surface area contributed by atoms with Gasteiger partial charge in [-0.2, -0.15) is 0 Å². The van der Waals surface area contributed by atoms with Gasteiger partial charge in [0.1, 0.15) is 13.2 Å². The van der Waals surface area contributed by atoms with Gasteiger partial charge in [0.15, 0.2) is 6.10 Å². The van der Waals surface area contributed by atoms with E-state index in [1.54, 1.807) is 0 Å². The molecular weight excluding hydrogens is 444 g/mol. The Morgan fingerprint density at radius 2 is 0.771 bits per heavy atom. The molecule has 0 bridgehead atoms. The molecule has 35 heavy (non-hydrogen) atoms. The number of hydrogen-bond donors (Lipinski definition) is 0. The van der Waals surface area contributed by atoms with Crippen molar-refractivity contribution in [1.82, 2.24) is 0 Å². The van der Waals surface area contributed by atoms with Gasteiger partial charge in [-0.05, 0) is 19.3 Å². The molecular formula is C29H54O6. The van der Waals surface area contributed by atoms with E-state index < -0.39 is 6.10 Å². The largest absolute Gasteiger partial charge is 0.462 e. The Kier molecular flexibility index (Phi) is 24.3. The van der Waals surface area contributed by atoms with Crippen LogP contribution < -0.4 is 0 Å². The van der Waals surface area contributed by atoms with E-state index in [1.807, 2.05) is 0 Å². The molecule has 1 atom stereocenters. The van der Waals surface area contributed by atoms with Crippen molar-refractivity contribution in [2.45, 2.75) is 155 Å². The molecule has 0 aliphatic rings. The number of ether oxygens (including phenoxy) is 3. The number of hydrogen-bond acceptors (Lipinski definition) is 6. The molecule has 0 radical (unpaired) electrons. The van der Waals surface area contributed by atoms with Crippen molar-refractivity contribution in [3.63, 3.8) is 0 Å². The van der Waals surface area contributed by atoms with Crippen LogP contribution in [-0.2, 0) is 28.6 Å². The predicted molar refractivity (Wildman–Crippen MR) is 141 cm³/mol. The molecule has 0 N–H and O–H groups in total. The summed E-state index contributed by atoms with van der Waals surface area (Å²) in [5, 5.41) is 0. The summed E-state index contributed by atoms with van der Waals surface area (Å²) in [6.07, 6.45) is 19.3. The van der Waals surface area contributed by atoms with Gasteiger partial charge < -0.3 is 14.2 Å². The maximum Gasteiger partial charge on any atom is 0.306 e. The molecule has 0 aromatic heterocycles. The van der Waals surface area contributed by atoms with E-state index in [0.29, 0.717) is 19.3 Å². The molecule has 0 aliphatic heterocycles. The van der Waals surface area contributed by atoms with Crippen LogP contribution in [0.4, 0.5) is 0 Å². The van der Waals surface area contributed by atoms with Crippen molar-refractivity contribution in [1.29, 1.82) is 0 Å². The number of carbonyl (C=O) groups excluding carboxylic acids is 3. The Labute approximate surface area is 215 Å². The van der Waals surface area contributed by atoms with Crippen molar-refractivity contribution in [2.75, 3.05) is 13.2 Å². The van der Waals surface area contributed by atoms with Gasteiger partial charge in [0, 0.05) is 19.3 Å². The van der Waals surface area contributed by atoms with Gasteiger partial charge in [-0.1, -0.05) is 111 Å². The van der Waals surface area contributed by atoms with E-state index in [9.17, 15) is 14.4 Å². The molecule has 206 valence electrons. The molecule has 0 aliphatic carbocycles. The average molecular weight is 499 g/mol. The van der Waals surface area contributed by atoms with Gasteiger partial charge >= 0.3 is 17.9 Å². The zero-order chi connectivity index (χ0) is 26.0. The van der Waals surface area contributed by atoms with Crippen LogP contribution in [0.1, 0.15) is 149 Å². The summed E-state index contributed by atoms with van der Waals surface area (Å²) >= 11 is 0. The van der Waals surface area contributed by atoms with Crippen LogP contribution in [0.2, 0.25) is 0 Å². The first-order valence-electron chi connectivity index (χ1n) is 14.5. The zero-order valence-electron chi connectivity index (χ0n) is 23.1. The molecule has 6 heteroatoms. The highest BCUT2D eigenvalue weighted by Crippen LogP contribution is 2.12. The summed E-state index contributed by atoms with van der Waals surface area (Å²) in [6.45, 7) is 6.24. The highest BCUT2D eigenvalue weighted by Gasteiger charge is 2.19. The third kappa shape index (κ3) is 23.9. The molecule has 0 spiro atoms. The summed E-state index contributed by atoms with van der Waals surface area (Å²) in [5.41, 5.74) is 0. The molecule has 0 saturated carbocycles. The molecule has 0 aromatic rings. The zero-order valence-corrected chi connectivity index (χ0v) is 23.1. The second-order valence-electron chi connectivity index (χ2n) is 9.68. The van der Waals surface area contributed by atoms with Gasteiger partial charge in [0.2, 0.25) is 0 Å². The fraction of sp³-hybridized carbons (Fsp3) is 0.897. The quantitative estimate of drug-likeness (QED) is 0.0724. The first-order valence-corrected chi connectivity index (χ1v) is 14.5. The second-order valence-corrected chi connectivity index (χ2v) is 9.68. The van der Waals surface area contributed by atoms with Crippen molar-refractivity contribution in [3.05, 3.63) is 0 Å². The molecule has 0 aromatic carbocycles. The van der Waals surface area contributed by atoms with E-state index in [1.165, 1.54) is 51.4 Å². The summed E-state index contributed by atoms with van der Waals surface area (Å²) in [6, 6.07) is 0. The fourth-order valence-electron chi connectivity index (χ4n) is 3.85. The van der Waals surface area contributed by atoms with Crippen LogP contribution in [-0.4, -0.2) is 37.2 Å². The van der Waals surface area contributed by atoms with E-state index in [0.717, 1.165) is 57.8 Å². The lowest BCUT2D eigenvalue weighted by Gasteiger charge is -2.18. The monoisotopic (exact) mass is 498 g/mol. The van der Waals surface area contributed by atoms with Crippen LogP contribution in [0, 0.1) is 0 Å². The Morgan fingerprint density at radius 3 is 1.20 bits per heavy atom. The van der Waals surface area contributed by atoms with Crippen molar-refractivity contribution < 1.29 is 28.6 Å². The number of rotatable bonds is 25. The van der Waals surface area contributed by atoms with Gasteiger partial charge in [-0.3, -0.25) is 14.4 Å². The van der Waals surface area contributed by atoms with E-state index in [2.05, 4.69) is 20.8 Å². The van der Waals surface area contributed by atoms with Crippen molar-refractivity contribution in [2.24, 2.45) is 0 Å². The lowest BCUT2D eigenvalue weighted by molar-refractivity contribution is -0.167. The third-order valence-corrected chi connectivity index (χ3v) is 6.11. The smallest absolute Gasteiger partial charge is 0.306 e. The van der Waals surface area contributed by atoms with Gasteiger partial charge in [-0.25, -0.2) is 0 Å². The molecule has 0 amide bonds. The Hall–Kier alpha value is -1.59. The predicted octanol–water partition coefficient (Wildman–Crippen LogP) is 7.85. The van der Waals surface area contributed by atoms with Gasteiger partial charge in [0.25, 0.3) is 0 Å². The fourth-order valence-corrected chi connectivity index (χ4v) is 3.85. The number of unbranched alkanes of at least 4 members (excludes halogenated alkanes) is 14. The highest BCUT2D eigenvalue weighted by molar-refractivity contribution is 5.71. The molecule has 0 fully saturated rings. The Morgan fingerprint density at radius 1 is 0.457 bits per heavy atom. The molecule has 0 saturated heterocycles. The topological polar surface area (TPSA) is 78.9 Å². The lowest BCUT2D eigenvalue weighted by atomic mass is 10.1. The van der Waals surface area contributed by atoms with Crippen molar-refractivity contribution >= 4 is 17.9 Å². The molecule has 0 heterocycles. The van der Waals surface area contributed by atoms with Crippen LogP contribution >= 0.6 is 0 Å². The maximum atomic E-state index is 12.1. The lowest BCUT2D eigenvalue weighted by Crippen LogP contribution is -2.30. The average Bonchev–Trinajstić information content (AvgIpc) is 2.84. The molecule has 0 rings (SSSR count). The Balaban J connectivity index is 4.11. The van der Waals surface area contributed by atoms with Gasteiger partial charge in [-0.15, -0.1) is 0 Å². The van der Waals surface area contributed by atoms with Gasteiger partial charge in [0.05, 0.1) is 0 Å². The summed E-state index contributed by atoms with van der Waals surface area (Å²) in [5.74, 6) is -0.938. The highest BCUT2D eigenvalue weighted by atomic mass is 16.6. The Bertz CT molecular complexity index is 519. The molecule has 1 unspecified atom stereocenters. The summed E-state index contributed by atoms with van der Waals surface area (Å²) < 4.78 is 16.1. The normalized spacial score (nSPS) is 11.7. The summed E-state index contributed by atoms with van der Waals surface area (Å²) in [4.78, 5) is 36.2. The minimum absolute atomic E-state index is 0.0708. The third-order valence-electron chi connectivity index (χ3n) is 6.11. The minimum atomic E-state index is -0.750. The second kappa shape index (κ2) is 25.5. The molecule has 6 nitrogen and oxygen atoms in total. The van der Waals surface area contributed by atoms with E-state index in [-0.39, 0.29) is 31.1 Å². The first kappa shape index (κ1) is 33.4. The van der Waals surface area contributed by atoms with Crippen molar-refractivity contribution in [3.8, 4) is 0 Å². The number of carbonyl (C=O) groups is 3. The first-order chi connectivity index (χ1) is 17.0.